The summed E-state index contributed by atoms with van der Waals surface area (Å²) in [7, 11) is 0.604. The molecule has 0 bridgehead atoms. The number of sulfone groups is 1. The van der Waals surface area contributed by atoms with Crippen molar-refractivity contribution < 1.29 is 17.9 Å². The Bertz CT molecular complexity index is 897. The molecule has 1 amide bonds. The van der Waals surface area contributed by atoms with Crippen LogP contribution in [0.1, 0.15) is 18.4 Å². The number of likely N-dealkylation sites (tertiary alicyclic amines) is 1. The molecule has 0 N–H and O–H groups in total. The zero-order valence-corrected chi connectivity index (χ0v) is 19.6. The van der Waals surface area contributed by atoms with Gasteiger partial charge in [0, 0.05) is 59.2 Å². The maximum absolute atomic E-state index is 13.3. The van der Waals surface area contributed by atoms with Gasteiger partial charge in [-0.15, -0.1) is 0 Å². The maximum atomic E-state index is 13.3. The molecule has 0 unspecified atom stereocenters. The fourth-order valence-electron chi connectivity index (χ4n) is 5.40. The summed E-state index contributed by atoms with van der Waals surface area (Å²) >= 11 is 0. The van der Waals surface area contributed by atoms with E-state index >= 15 is 0 Å². The highest BCUT2D eigenvalue weighted by Crippen LogP contribution is 2.41. The van der Waals surface area contributed by atoms with Crippen LogP contribution in [0.2, 0.25) is 0 Å². The zero-order valence-electron chi connectivity index (χ0n) is 18.8. The van der Waals surface area contributed by atoms with Crippen LogP contribution < -0.4 is 0 Å². The van der Waals surface area contributed by atoms with Crippen molar-refractivity contribution in [2.24, 2.45) is 0 Å². The topological polar surface area (TPSA) is 73.4 Å². The van der Waals surface area contributed by atoms with Crippen LogP contribution in [0.15, 0.2) is 29.2 Å². The number of piperazine rings is 1. The van der Waals surface area contributed by atoms with E-state index in [1.807, 2.05) is 12.1 Å². The van der Waals surface area contributed by atoms with Crippen molar-refractivity contribution in [3.05, 3.63) is 29.8 Å². The van der Waals surface area contributed by atoms with E-state index in [1.165, 1.54) is 6.26 Å². The Morgan fingerprint density at radius 2 is 1.77 bits per heavy atom. The molecular formula is C22H34N4O4S. The van der Waals surface area contributed by atoms with E-state index < -0.39 is 9.84 Å². The minimum atomic E-state index is -3.17. The van der Waals surface area contributed by atoms with Gasteiger partial charge in [0.05, 0.1) is 17.2 Å². The van der Waals surface area contributed by atoms with E-state index in [2.05, 4.69) is 26.6 Å². The lowest BCUT2D eigenvalue weighted by atomic mass is 9.93. The molecule has 4 rings (SSSR count). The van der Waals surface area contributed by atoms with Gasteiger partial charge in [-0.3, -0.25) is 14.6 Å². The van der Waals surface area contributed by atoms with Gasteiger partial charge in [0.1, 0.15) is 6.04 Å². The molecule has 9 heteroatoms. The first-order valence-corrected chi connectivity index (χ1v) is 12.9. The smallest absolute Gasteiger partial charge is 0.242 e. The summed E-state index contributed by atoms with van der Waals surface area (Å²) in [5.41, 5.74) is 0.901. The summed E-state index contributed by atoms with van der Waals surface area (Å²) in [6, 6.07) is 7.13. The monoisotopic (exact) mass is 450 g/mol. The van der Waals surface area contributed by atoms with E-state index in [0.717, 1.165) is 57.7 Å². The van der Waals surface area contributed by atoms with Gasteiger partial charge in [0.2, 0.25) is 5.91 Å². The Morgan fingerprint density at radius 1 is 1.10 bits per heavy atom. The number of rotatable bonds is 6. The van der Waals surface area contributed by atoms with Gasteiger partial charge in [-0.25, -0.2) is 8.42 Å². The van der Waals surface area contributed by atoms with Gasteiger partial charge < -0.3 is 14.5 Å². The molecule has 172 valence electrons. The molecular weight excluding hydrogens is 416 g/mol. The number of hydrogen-bond acceptors (Lipinski definition) is 7. The number of benzene rings is 1. The van der Waals surface area contributed by atoms with Crippen molar-refractivity contribution >= 4 is 15.7 Å². The number of fused-ring (bicyclic) bond motifs is 2. The normalized spacial score (nSPS) is 25.3. The van der Waals surface area contributed by atoms with Gasteiger partial charge in [0.15, 0.2) is 9.84 Å². The average Bonchev–Trinajstić information content (AvgIpc) is 2.95. The van der Waals surface area contributed by atoms with Crippen LogP contribution in [-0.2, 0) is 25.9 Å². The van der Waals surface area contributed by atoms with Crippen LogP contribution in [0.25, 0.3) is 0 Å². The van der Waals surface area contributed by atoms with Crippen LogP contribution in [-0.4, -0.2) is 112 Å². The van der Waals surface area contributed by atoms with E-state index in [1.54, 1.807) is 19.2 Å². The molecule has 3 aliphatic rings. The lowest BCUT2D eigenvalue weighted by Gasteiger charge is -2.50. The van der Waals surface area contributed by atoms with E-state index in [-0.39, 0.29) is 17.6 Å². The first kappa shape index (κ1) is 22.7. The highest BCUT2D eigenvalue weighted by molar-refractivity contribution is 7.90. The third-order valence-electron chi connectivity index (χ3n) is 7.11. The number of carbonyl (C=O) groups is 1. The maximum Gasteiger partial charge on any atom is 0.242 e. The number of methoxy groups -OCH3 is 1. The Morgan fingerprint density at radius 3 is 2.39 bits per heavy atom. The van der Waals surface area contributed by atoms with E-state index in [0.29, 0.717) is 18.0 Å². The van der Waals surface area contributed by atoms with Crippen LogP contribution >= 0.6 is 0 Å². The fourth-order valence-corrected chi connectivity index (χ4v) is 6.03. The number of amides is 1. The number of hydrogen-bond donors (Lipinski definition) is 0. The lowest BCUT2D eigenvalue weighted by Crippen LogP contribution is -2.63. The Hall–Kier alpha value is -1.52. The Balaban J connectivity index is 1.46. The number of nitrogens with zero attached hydrogens (tertiary/aromatic N) is 4. The van der Waals surface area contributed by atoms with Gasteiger partial charge in [-0.05, 0) is 37.6 Å². The highest BCUT2D eigenvalue weighted by atomic mass is 32.2. The van der Waals surface area contributed by atoms with Crippen LogP contribution in [0.4, 0.5) is 0 Å². The predicted octanol–water partition coefficient (Wildman–Crippen LogP) is 0.487. The second-order valence-corrected chi connectivity index (χ2v) is 11.1. The molecule has 1 atom stereocenters. The number of carbonyl (C=O) groups excluding carboxylic acids is 1. The largest absolute Gasteiger partial charge is 0.383 e. The number of ether oxygens (including phenoxy) is 1. The van der Waals surface area contributed by atoms with Gasteiger partial charge >= 0.3 is 0 Å². The van der Waals surface area contributed by atoms with Crippen molar-refractivity contribution in [2.45, 2.75) is 36.0 Å². The first-order valence-electron chi connectivity index (χ1n) is 11.0. The summed E-state index contributed by atoms with van der Waals surface area (Å²) in [4.78, 5) is 22.9. The molecule has 0 saturated carbocycles. The second-order valence-electron chi connectivity index (χ2n) is 9.13. The van der Waals surface area contributed by atoms with Gasteiger partial charge in [-0.2, -0.15) is 0 Å². The zero-order chi connectivity index (χ0) is 22.2. The predicted molar refractivity (Wildman–Crippen MR) is 118 cm³/mol. The van der Waals surface area contributed by atoms with Crippen molar-refractivity contribution in [1.29, 1.82) is 0 Å². The minimum Gasteiger partial charge on any atom is -0.383 e. The molecule has 1 aromatic carbocycles. The summed E-state index contributed by atoms with van der Waals surface area (Å²) in [6.07, 6.45) is 3.07. The Labute approximate surface area is 185 Å². The lowest BCUT2D eigenvalue weighted by molar-refractivity contribution is -0.135. The molecule has 0 radical (unpaired) electrons. The van der Waals surface area contributed by atoms with Crippen LogP contribution in [0.3, 0.4) is 0 Å². The van der Waals surface area contributed by atoms with Crippen LogP contribution in [0, 0.1) is 0 Å². The van der Waals surface area contributed by atoms with Crippen molar-refractivity contribution in [3.63, 3.8) is 0 Å². The minimum absolute atomic E-state index is 0.0503. The Kier molecular flexibility index (Phi) is 6.42. The quantitative estimate of drug-likeness (QED) is 0.624. The SMILES string of the molecule is COCCN1C(=O)[C@H]2CN(C)CCN2C12CCN(Cc1ccc(S(C)(=O)=O)cc1)CC2. The second kappa shape index (κ2) is 8.78. The third kappa shape index (κ3) is 4.39. The molecule has 3 saturated heterocycles. The average molecular weight is 451 g/mol. The molecule has 3 heterocycles. The molecule has 1 aromatic rings. The molecule has 31 heavy (non-hydrogen) atoms. The first-order chi connectivity index (χ1) is 14.7. The van der Waals surface area contributed by atoms with E-state index in [4.69, 9.17) is 4.74 Å². The highest BCUT2D eigenvalue weighted by Gasteiger charge is 2.57. The number of likely N-dealkylation sites (N-methyl/N-ethyl adjacent to an activating group) is 1. The third-order valence-corrected chi connectivity index (χ3v) is 8.23. The van der Waals surface area contributed by atoms with Crippen molar-refractivity contribution in [2.75, 3.05) is 66.3 Å². The molecule has 8 nitrogen and oxygen atoms in total. The molecule has 0 aromatic heterocycles. The van der Waals surface area contributed by atoms with Crippen molar-refractivity contribution in [3.8, 4) is 0 Å². The van der Waals surface area contributed by atoms with Gasteiger partial charge in [-0.1, -0.05) is 12.1 Å². The summed E-state index contributed by atoms with van der Waals surface area (Å²) < 4.78 is 28.7. The number of piperidine rings is 1. The van der Waals surface area contributed by atoms with E-state index in [9.17, 15) is 13.2 Å². The molecule has 3 aliphatic heterocycles. The summed E-state index contributed by atoms with van der Waals surface area (Å²) in [5.74, 6) is 0.244. The van der Waals surface area contributed by atoms with Gasteiger partial charge in [0.25, 0.3) is 0 Å². The van der Waals surface area contributed by atoms with Crippen molar-refractivity contribution in [1.82, 2.24) is 19.6 Å². The standard InChI is InChI=1S/C22H34N4O4S/c1-23-12-13-25-20(17-23)21(27)26(14-15-30-2)22(25)8-10-24(11-9-22)16-18-4-6-19(7-5-18)31(3,28)29/h4-7,20H,8-17H2,1-3H3/t20-/m1/s1. The summed E-state index contributed by atoms with van der Waals surface area (Å²) in [5, 5.41) is 0. The molecule has 3 fully saturated rings. The molecule has 1 spiro atoms. The summed E-state index contributed by atoms with van der Waals surface area (Å²) in [6.45, 7) is 6.49. The molecule has 0 aliphatic carbocycles. The fraction of sp³-hybridized carbons (Fsp3) is 0.682. The van der Waals surface area contributed by atoms with Crippen LogP contribution in [0.5, 0.6) is 0 Å².